The number of hydrogen-bond acceptors (Lipinski definition) is 3. The summed E-state index contributed by atoms with van der Waals surface area (Å²) in [5, 5.41) is 0. The number of benzene rings is 1. The molecule has 1 atom stereocenters. The molecule has 0 spiro atoms. The van der Waals surface area contributed by atoms with Gasteiger partial charge in [0.15, 0.2) is 0 Å². The molecule has 102 valence electrons. The quantitative estimate of drug-likeness (QED) is 0.842. The van der Waals surface area contributed by atoms with Crippen molar-refractivity contribution in [1.29, 1.82) is 0 Å². The third-order valence-corrected chi connectivity index (χ3v) is 3.64. The monoisotopic (exact) mass is 260 g/mol. The van der Waals surface area contributed by atoms with E-state index in [4.69, 9.17) is 5.73 Å². The topological polar surface area (TPSA) is 63.4 Å². The molecule has 2 rings (SSSR count). The fourth-order valence-corrected chi connectivity index (χ4v) is 2.89. The van der Waals surface area contributed by atoms with Crippen molar-refractivity contribution in [3.63, 3.8) is 0 Å². The third-order valence-electron chi connectivity index (χ3n) is 3.64. The van der Waals surface area contributed by atoms with E-state index in [-0.39, 0.29) is 24.4 Å². The minimum Gasteiger partial charge on any atom is -0.322 e. The van der Waals surface area contributed by atoms with Gasteiger partial charge in [-0.05, 0) is 37.5 Å². The third kappa shape index (κ3) is 2.68. The van der Waals surface area contributed by atoms with Gasteiger partial charge in [-0.1, -0.05) is 17.7 Å². The number of carbonyl (C=O) groups excluding carboxylic acids is 2. The highest BCUT2D eigenvalue weighted by Crippen LogP contribution is 2.24. The zero-order chi connectivity index (χ0) is 14.2. The number of rotatable bonds is 3. The summed E-state index contributed by atoms with van der Waals surface area (Å²) in [6, 6.07) is 3.85. The molecule has 0 radical (unpaired) electrons. The summed E-state index contributed by atoms with van der Waals surface area (Å²) >= 11 is 0. The summed E-state index contributed by atoms with van der Waals surface area (Å²) in [5.41, 5.74) is 10.7. The first-order valence-electron chi connectivity index (χ1n) is 6.56. The van der Waals surface area contributed by atoms with Gasteiger partial charge in [-0.3, -0.25) is 14.5 Å². The predicted molar refractivity (Wildman–Crippen MR) is 73.5 cm³/mol. The number of nitrogens with two attached hydrogens (primary N) is 1. The van der Waals surface area contributed by atoms with Crippen LogP contribution in [-0.4, -0.2) is 23.3 Å². The molecule has 1 aromatic carbocycles. The molecule has 2 amide bonds. The summed E-state index contributed by atoms with van der Waals surface area (Å²) in [6.45, 7) is 6.36. The van der Waals surface area contributed by atoms with Crippen molar-refractivity contribution in [2.24, 2.45) is 5.73 Å². The van der Waals surface area contributed by atoms with Gasteiger partial charge in [0.25, 0.3) is 0 Å². The fourth-order valence-electron chi connectivity index (χ4n) is 2.89. The van der Waals surface area contributed by atoms with Crippen LogP contribution in [0.5, 0.6) is 0 Å². The SMILES string of the molecule is Cc1cc(C)c(C(N)CN2C(=O)CCC2=O)c(C)c1. The lowest BCUT2D eigenvalue weighted by Crippen LogP contribution is -2.36. The summed E-state index contributed by atoms with van der Waals surface area (Å²) in [4.78, 5) is 24.5. The number of amides is 2. The largest absolute Gasteiger partial charge is 0.322 e. The van der Waals surface area contributed by atoms with Crippen molar-refractivity contribution in [1.82, 2.24) is 4.90 Å². The molecule has 1 aliphatic heterocycles. The second-order valence-corrected chi connectivity index (χ2v) is 5.32. The van der Waals surface area contributed by atoms with Crippen LogP contribution in [0.3, 0.4) is 0 Å². The molecule has 1 aliphatic rings. The van der Waals surface area contributed by atoms with Crippen LogP contribution in [-0.2, 0) is 9.59 Å². The Morgan fingerprint density at radius 1 is 1.11 bits per heavy atom. The van der Waals surface area contributed by atoms with Crippen LogP contribution in [0.1, 0.15) is 41.1 Å². The lowest BCUT2D eigenvalue weighted by molar-refractivity contribution is -0.138. The highest BCUT2D eigenvalue weighted by Gasteiger charge is 2.30. The van der Waals surface area contributed by atoms with Crippen LogP contribution in [0.4, 0.5) is 0 Å². The number of nitrogens with zero attached hydrogens (tertiary/aromatic N) is 1. The number of likely N-dealkylation sites (tertiary alicyclic amines) is 1. The van der Waals surface area contributed by atoms with Crippen LogP contribution in [0, 0.1) is 20.8 Å². The first-order valence-corrected chi connectivity index (χ1v) is 6.56. The molecule has 1 unspecified atom stereocenters. The maximum atomic E-state index is 11.6. The standard InChI is InChI=1S/C15H20N2O2/c1-9-6-10(2)15(11(3)7-9)12(16)8-17-13(18)4-5-14(17)19/h6-7,12H,4-5,8,16H2,1-3H3. The van der Waals surface area contributed by atoms with Gasteiger partial charge in [0, 0.05) is 25.4 Å². The normalized spacial score (nSPS) is 17.2. The van der Waals surface area contributed by atoms with Crippen LogP contribution >= 0.6 is 0 Å². The van der Waals surface area contributed by atoms with Gasteiger partial charge in [-0.15, -0.1) is 0 Å². The molecule has 1 heterocycles. The van der Waals surface area contributed by atoms with Gasteiger partial charge in [0.2, 0.25) is 11.8 Å². The van der Waals surface area contributed by atoms with E-state index in [2.05, 4.69) is 12.1 Å². The molecular formula is C15H20N2O2. The lowest BCUT2D eigenvalue weighted by atomic mass is 9.94. The fraction of sp³-hybridized carbons (Fsp3) is 0.467. The minimum absolute atomic E-state index is 0.108. The maximum Gasteiger partial charge on any atom is 0.229 e. The van der Waals surface area contributed by atoms with E-state index >= 15 is 0 Å². The number of carbonyl (C=O) groups is 2. The first-order chi connectivity index (χ1) is 8.90. The van der Waals surface area contributed by atoms with Crippen molar-refractivity contribution >= 4 is 11.8 Å². The number of hydrogen-bond donors (Lipinski definition) is 1. The van der Waals surface area contributed by atoms with E-state index in [1.54, 1.807) is 0 Å². The van der Waals surface area contributed by atoms with Crippen molar-refractivity contribution in [2.45, 2.75) is 39.7 Å². The summed E-state index contributed by atoms with van der Waals surface area (Å²) in [7, 11) is 0. The highest BCUT2D eigenvalue weighted by atomic mass is 16.2. The number of aryl methyl sites for hydroxylation is 3. The van der Waals surface area contributed by atoms with Crippen LogP contribution in [0.25, 0.3) is 0 Å². The second-order valence-electron chi connectivity index (χ2n) is 5.32. The van der Waals surface area contributed by atoms with E-state index in [0.717, 1.165) is 16.7 Å². The molecule has 1 aromatic rings. The van der Waals surface area contributed by atoms with Gasteiger partial charge in [0.1, 0.15) is 0 Å². The molecular weight excluding hydrogens is 240 g/mol. The Morgan fingerprint density at radius 2 is 1.58 bits per heavy atom. The summed E-state index contributed by atoms with van der Waals surface area (Å²) in [5.74, 6) is -0.217. The Morgan fingerprint density at radius 3 is 2.05 bits per heavy atom. The predicted octanol–water partition coefficient (Wildman–Crippen LogP) is 1.76. The molecule has 4 nitrogen and oxygen atoms in total. The molecule has 0 aliphatic carbocycles. The van der Waals surface area contributed by atoms with Crippen molar-refractivity contribution < 1.29 is 9.59 Å². The van der Waals surface area contributed by atoms with E-state index < -0.39 is 0 Å². The maximum absolute atomic E-state index is 11.6. The molecule has 1 fully saturated rings. The van der Waals surface area contributed by atoms with E-state index in [9.17, 15) is 9.59 Å². The summed E-state index contributed by atoms with van der Waals surface area (Å²) < 4.78 is 0. The minimum atomic E-state index is -0.313. The Bertz CT molecular complexity index is 498. The molecule has 19 heavy (non-hydrogen) atoms. The van der Waals surface area contributed by atoms with Gasteiger partial charge in [-0.2, -0.15) is 0 Å². The van der Waals surface area contributed by atoms with Gasteiger partial charge in [0.05, 0.1) is 0 Å². The van der Waals surface area contributed by atoms with E-state index in [1.807, 2.05) is 20.8 Å². The molecule has 0 bridgehead atoms. The molecule has 1 saturated heterocycles. The first kappa shape index (κ1) is 13.7. The zero-order valence-electron chi connectivity index (χ0n) is 11.7. The van der Waals surface area contributed by atoms with E-state index in [0.29, 0.717) is 12.8 Å². The van der Waals surface area contributed by atoms with Crippen LogP contribution in [0.15, 0.2) is 12.1 Å². The van der Waals surface area contributed by atoms with Gasteiger partial charge in [-0.25, -0.2) is 0 Å². The Balaban J connectivity index is 2.23. The smallest absolute Gasteiger partial charge is 0.229 e. The van der Waals surface area contributed by atoms with Crippen molar-refractivity contribution in [3.8, 4) is 0 Å². The average molecular weight is 260 g/mol. The van der Waals surface area contributed by atoms with Gasteiger partial charge >= 0.3 is 0 Å². The highest BCUT2D eigenvalue weighted by molar-refractivity contribution is 6.01. The average Bonchev–Trinajstić information content (AvgIpc) is 2.59. The molecule has 2 N–H and O–H groups in total. The van der Waals surface area contributed by atoms with E-state index in [1.165, 1.54) is 10.5 Å². The van der Waals surface area contributed by atoms with Crippen molar-refractivity contribution in [3.05, 3.63) is 34.4 Å². The zero-order valence-corrected chi connectivity index (χ0v) is 11.7. The van der Waals surface area contributed by atoms with Crippen molar-refractivity contribution in [2.75, 3.05) is 6.54 Å². The molecule has 4 heteroatoms. The molecule has 0 aromatic heterocycles. The second kappa shape index (κ2) is 5.13. The molecule has 0 saturated carbocycles. The lowest BCUT2D eigenvalue weighted by Gasteiger charge is -2.23. The Labute approximate surface area is 113 Å². The van der Waals surface area contributed by atoms with Crippen LogP contribution in [0.2, 0.25) is 0 Å². The summed E-state index contributed by atoms with van der Waals surface area (Å²) in [6.07, 6.45) is 0.634. The Hall–Kier alpha value is -1.68. The Kier molecular flexibility index (Phi) is 3.71. The van der Waals surface area contributed by atoms with Gasteiger partial charge < -0.3 is 5.73 Å². The van der Waals surface area contributed by atoms with Crippen LogP contribution < -0.4 is 5.73 Å². The number of imide groups is 1.